The standard InChI is InChI=1S/C15H10BrN3O2S/c16-10-3-4-13-12(8-10)14(20)19(9-11-2-1-6-21-11)15(18-13)22-7-5-17/h1-4,6,8H,7,9H2. The van der Waals surface area contributed by atoms with Crippen LogP contribution in [-0.2, 0) is 6.54 Å². The number of hydrogen-bond acceptors (Lipinski definition) is 5. The van der Waals surface area contributed by atoms with Gasteiger partial charge in [-0.3, -0.25) is 9.36 Å². The van der Waals surface area contributed by atoms with Crippen LogP contribution in [0.3, 0.4) is 0 Å². The van der Waals surface area contributed by atoms with Crippen molar-refractivity contribution >= 4 is 38.6 Å². The zero-order valence-corrected chi connectivity index (χ0v) is 13.7. The normalized spacial score (nSPS) is 10.7. The number of halogens is 1. The van der Waals surface area contributed by atoms with Crippen LogP contribution in [0.4, 0.5) is 0 Å². The van der Waals surface area contributed by atoms with Gasteiger partial charge in [-0.25, -0.2) is 4.98 Å². The van der Waals surface area contributed by atoms with Gasteiger partial charge in [0.2, 0.25) is 0 Å². The van der Waals surface area contributed by atoms with Crippen LogP contribution < -0.4 is 5.56 Å². The Bertz CT molecular complexity index is 913. The molecule has 0 aliphatic carbocycles. The highest BCUT2D eigenvalue weighted by Gasteiger charge is 2.13. The molecule has 3 aromatic rings. The Kier molecular flexibility index (Phi) is 4.32. The molecule has 7 heteroatoms. The van der Waals surface area contributed by atoms with Crippen LogP contribution in [0, 0.1) is 11.3 Å². The van der Waals surface area contributed by atoms with Crippen LogP contribution in [0.15, 0.2) is 55.4 Å². The molecule has 3 rings (SSSR count). The summed E-state index contributed by atoms with van der Waals surface area (Å²) in [5, 5.41) is 9.83. The lowest BCUT2D eigenvalue weighted by Gasteiger charge is -2.11. The zero-order valence-electron chi connectivity index (χ0n) is 11.3. The number of benzene rings is 1. The molecule has 1 aromatic carbocycles. The third-order valence-electron chi connectivity index (χ3n) is 3.04. The molecule has 0 atom stereocenters. The van der Waals surface area contributed by atoms with Crippen molar-refractivity contribution in [3.8, 4) is 6.07 Å². The molecule has 0 spiro atoms. The summed E-state index contributed by atoms with van der Waals surface area (Å²) in [6, 6.07) is 11.0. The van der Waals surface area contributed by atoms with Crippen molar-refractivity contribution < 1.29 is 4.42 Å². The fourth-order valence-electron chi connectivity index (χ4n) is 2.08. The van der Waals surface area contributed by atoms with Gasteiger partial charge in [-0.15, -0.1) is 0 Å². The van der Waals surface area contributed by atoms with E-state index in [9.17, 15) is 4.79 Å². The summed E-state index contributed by atoms with van der Waals surface area (Å²) >= 11 is 4.61. The summed E-state index contributed by atoms with van der Waals surface area (Å²) < 4.78 is 7.67. The molecule has 0 unspecified atom stereocenters. The molecule has 0 bridgehead atoms. The summed E-state index contributed by atoms with van der Waals surface area (Å²) in [5.74, 6) is 0.893. The Morgan fingerprint density at radius 2 is 2.27 bits per heavy atom. The summed E-state index contributed by atoms with van der Waals surface area (Å²) in [5.41, 5.74) is 0.465. The Balaban J connectivity index is 2.18. The van der Waals surface area contributed by atoms with Gasteiger partial charge in [-0.2, -0.15) is 5.26 Å². The number of nitriles is 1. The molecular weight excluding hydrogens is 366 g/mol. The molecule has 110 valence electrons. The molecule has 2 aromatic heterocycles. The van der Waals surface area contributed by atoms with Crippen LogP contribution in [0.2, 0.25) is 0 Å². The van der Waals surface area contributed by atoms with Gasteiger partial charge in [0.1, 0.15) is 5.76 Å². The Hall–Kier alpha value is -2.04. The van der Waals surface area contributed by atoms with Gasteiger partial charge in [0.15, 0.2) is 5.16 Å². The molecule has 22 heavy (non-hydrogen) atoms. The van der Waals surface area contributed by atoms with Crippen LogP contribution >= 0.6 is 27.7 Å². The fraction of sp³-hybridized carbons (Fsp3) is 0.133. The minimum absolute atomic E-state index is 0.150. The second kappa shape index (κ2) is 6.38. The van der Waals surface area contributed by atoms with Crippen molar-refractivity contribution in [3.63, 3.8) is 0 Å². The zero-order chi connectivity index (χ0) is 15.5. The summed E-state index contributed by atoms with van der Waals surface area (Å²) in [4.78, 5) is 17.3. The van der Waals surface area contributed by atoms with Gasteiger partial charge in [0, 0.05) is 4.47 Å². The van der Waals surface area contributed by atoms with Crippen molar-refractivity contribution in [1.82, 2.24) is 9.55 Å². The molecule has 2 heterocycles. The van der Waals surface area contributed by atoms with Crippen LogP contribution in [0.25, 0.3) is 10.9 Å². The third-order valence-corrected chi connectivity index (χ3v) is 4.38. The van der Waals surface area contributed by atoms with Gasteiger partial charge in [0.25, 0.3) is 5.56 Å². The van der Waals surface area contributed by atoms with E-state index in [2.05, 4.69) is 27.0 Å². The molecule has 0 fully saturated rings. The lowest BCUT2D eigenvalue weighted by atomic mass is 10.2. The summed E-state index contributed by atoms with van der Waals surface area (Å²) in [6.45, 7) is 0.287. The number of hydrogen-bond donors (Lipinski definition) is 0. The first-order chi connectivity index (χ1) is 10.7. The molecule has 5 nitrogen and oxygen atoms in total. The monoisotopic (exact) mass is 375 g/mol. The number of furan rings is 1. The molecule has 0 N–H and O–H groups in total. The van der Waals surface area contributed by atoms with Gasteiger partial charge in [0.05, 0.1) is 35.5 Å². The van der Waals surface area contributed by atoms with Crippen molar-refractivity contribution in [2.24, 2.45) is 0 Å². The third kappa shape index (κ3) is 2.93. The number of rotatable bonds is 4. The molecule has 0 aliphatic heterocycles. The summed E-state index contributed by atoms with van der Waals surface area (Å²) in [7, 11) is 0. The second-order valence-electron chi connectivity index (χ2n) is 4.47. The first-order valence-corrected chi connectivity index (χ1v) is 8.19. The first-order valence-electron chi connectivity index (χ1n) is 6.41. The Morgan fingerprint density at radius 3 is 3.00 bits per heavy atom. The maximum Gasteiger partial charge on any atom is 0.262 e. The molecular formula is C15H10BrN3O2S. The van der Waals surface area contributed by atoms with Crippen LogP contribution in [-0.4, -0.2) is 15.3 Å². The first kappa shape index (κ1) is 14.9. The lowest BCUT2D eigenvalue weighted by molar-refractivity contribution is 0.476. The van der Waals surface area contributed by atoms with E-state index in [1.54, 1.807) is 30.5 Å². The summed E-state index contributed by atoms with van der Waals surface area (Å²) in [6.07, 6.45) is 1.56. The van der Waals surface area contributed by atoms with E-state index in [1.165, 1.54) is 16.3 Å². The van der Waals surface area contributed by atoms with E-state index < -0.39 is 0 Å². The van der Waals surface area contributed by atoms with E-state index in [-0.39, 0.29) is 17.9 Å². The largest absolute Gasteiger partial charge is 0.467 e. The van der Waals surface area contributed by atoms with Crippen molar-refractivity contribution in [3.05, 3.63) is 57.2 Å². The van der Waals surface area contributed by atoms with E-state index in [1.807, 2.05) is 6.07 Å². The quantitative estimate of drug-likeness (QED) is 0.516. The van der Waals surface area contributed by atoms with E-state index >= 15 is 0 Å². The highest BCUT2D eigenvalue weighted by molar-refractivity contribution is 9.10. The minimum atomic E-state index is -0.150. The SMILES string of the molecule is N#CCSc1nc2ccc(Br)cc2c(=O)n1Cc1ccco1. The molecule has 0 amide bonds. The van der Waals surface area contributed by atoms with Crippen molar-refractivity contribution in [2.45, 2.75) is 11.7 Å². The Morgan fingerprint density at radius 1 is 1.41 bits per heavy atom. The van der Waals surface area contributed by atoms with Gasteiger partial charge < -0.3 is 4.42 Å². The molecule has 0 aliphatic rings. The molecule has 0 saturated heterocycles. The predicted molar refractivity (Wildman–Crippen MR) is 87.9 cm³/mol. The fourth-order valence-corrected chi connectivity index (χ4v) is 3.10. The smallest absolute Gasteiger partial charge is 0.262 e. The van der Waals surface area contributed by atoms with Crippen molar-refractivity contribution in [2.75, 3.05) is 5.75 Å². The topological polar surface area (TPSA) is 71.8 Å². The average Bonchev–Trinajstić information content (AvgIpc) is 3.02. The van der Waals surface area contributed by atoms with Gasteiger partial charge >= 0.3 is 0 Å². The Labute approximate surface area is 138 Å². The van der Waals surface area contributed by atoms with Crippen LogP contribution in [0.5, 0.6) is 0 Å². The van der Waals surface area contributed by atoms with E-state index in [4.69, 9.17) is 9.68 Å². The maximum atomic E-state index is 12.8. The lowest BCUT2D eigenvalue weighted by Crippen LogP contribution is -2.23. The predicted octanol–water partition coefficient (Wildman–Crippen LogP) is 3.42. The number of thioether (sulfide) groups is 1. The number of nitrogens with zero attached hydrogens (tertiary/aromatic N) is 3. The van der Waals surface area contributed by atoms with E-state index in [0.717, 1.165) is 4.47 Å². The molecule has 0 saturated carbocycles. The van der Waals surface area contributed by atoms with Crippen molar-refractivity contribution in [1.29, 1.82) is 5.26 Å². The van der Waals surface area contributed by atoms with E-state index in [0.29, 0.717) is 21.8 Å². The maximum absolute atomic E-state index is 12.8. The van der Waals surface area contributed by atoms with Crippen LogP contribution in [0.1, 0.15) is 5.76 Å². The number of aromatic nitrogens is 2. The highest BCUT2D eigenvalue weighted by Crippen LogP contribution is 2.21. The highest BCUT2D eigenvalue weighted by atomic mass is 79.9. The molecule has 0 radical (unpaired) electrons. The average molecular weight is 376 g/mol. The number of fused-ring (bicyclic) bond motifs is 1. The minimum Gasteiger partial charge on any atom is -0.467 e. The van der Waals surface area contributed by atoms with Gasteiger partial charge in [-0.05, 0) is 30.3 Å². The second-order valence-corrected chi connectivity index (χ2v) is 6.33. The van der Waals surface area contributed by atoms with Gasteiger partial charge in [-0.1, -0.05) is 27.7 Å².